The second kappa shape index (κ2) is 5.96. The molecule has 0 saturated heterocycles. The minimum absolute atomic E-state index is 0.188. The van der Waals surface area contributed by atoms with Gasteiger partial charge in [0.05, 0.1) is 11.3 Å². The van der Waals surface area contributed by atoms with E-state index in [9.17, 15) is 9.59 Å². The number of benzene rings is 2. The molecule has 6 nitrogen and oxygen atoms in total. The molecule has 21 heavy (non-hydrogen) atoms. The lowest BCUT2D eigenvalue weighted by atomic mass is 10.1. The first kappa shape index (κ1) is 14.4. The number of ether oxygens (including phenoxy) is 1. The van der Waals surface area contributed by atoms with Gasteiger partial charge in [0, 0.05) is 5.56 Å². The Kier molecular flexibility index (Phi) is 4.08. The highest BCUT2D eigenvalue weighted by Crippen LogP contribution is 2.26. The van der Waals surface area contributed by atoms with E-state index in [4.69, 9.17) is 21.9 Å². The van der Waals surface area contributed by atoms with Crippen LogP contribution in [0.1, 0.15) is 26.3 Å². The lowest BCUT2D eigenvalue weighted by molar-refractivity contribution is 0.0989. The molecule has 0 atom stereocenters. The first-order chi connectivity index (χ1) is 9.99. The van der Waals surface area contributed by atoms with Crippen molar-refractivity contribution in [3.8, 4) is 5.75 Å². The molecule has 0 heterocycles. The molecule has 108 valence electrons. The average Bonchev–Trinajstić information content (AvgIpc) is 2.46. The Morgan fingerprint density at radius 3 is 2.19 bits per heavy atom. The predicted octanol–water partition coefficient (Wildman–Crippen LogP) is 1.05. The van der Waals surface area contributed by atoms with Gasteiger partial charge in [0.15, 0.2) is 5.75 Å². The molecule has 0 saturated carbocycles. The SMILES string of the molecule is NC(=O)c1ccc(COc2c(N)cccc2C(N)=O)cc1. The highest BCUT2D eigenvalue weighted by Gasteiger charge is 2.12. The van der Waals surface area contributed by atoms with Crippen molar-refractivity contribution in [2.24, 2.45) is 11.5 Å². The van der Waals surface area contributed by atoms with E-state index in [1.54, 1.807) is 42.5 Å². The van der Waals surface area contributed by atoms with E-state index >= 15 is 0 Å². The summed E-state index contributed by atoms with van der Waals surface area (Å²) in [5, 5.41) is 0. The van der Waals surface area contributed by atoms with Crippen LogP contribution < -0.4 is 21.9 Å². The summed E-state index contributed by atoms with van der Waals surface area (Å²) in [5.74, 6) is -0.851. The first-order valence-corrected chi connectivity index (χ1v) is 6.19. The molecule has 0 radical (unpaired) electrons. The molecule has 2 aromatic carbocycles. The summed E-state index contributed by atoms with van der Waals surface area (Å²) in [7, 11) is 0. The largest absolute Gasteiger partial charge is 0.486 e. The van der Waals surface area contributed by atoms with Crippen LogP contribution in [-0.2, 0) is 6.61 Å². The number of anilines is 1. The Labute approximate surface area is 121 Å². The molecule has 0 aliphatic carbocycles. The van der Waals surface area contributed by atoms with Crippen molar-refractivity contribution in [2.75, 3.05) is 5.73 Å². The van der Waals surface area contributed by atoms with Gasteiger partial charge in [0.25, 0.3) is 5.91 Å². The summed E-state index contributed by atoms with van der Waals surface area (Å²) in [4.78, 5) is 22.3. The second-order valence-electron chi connectivity index (χ2n) is 4.44. The normalized spacial score (nSPS) is 10.1. The topological polar surface area (TPSA) is 121 Å². The maximum atomic E-state index is 11.3. The van der Waals surface area contributed by atoms with Crippen LogP contribution in [0.4, 0.5) is 5.69 Å². The Balaban J connectivity index is 2.16. The van der Waals surface area contributed by atoms with Gasteiger partial charge in [0.2, 0.25) is 5.91 Å². The molecule has 0 aliphatic rings. The van der Waals surface area contributed by atoms with E-state index in [1.165, 1.54) is 0 Å². The fraction of sp³-hybridized carbons (Fsp3) is 0.0667. The number of hydrogen-bond donors (Lipinski definition) is 3. The first-order valence-electron chi connectivity index (χ1n) is 6.19. The van der Waals surface area contributed by atoms with Crippen LogP contribution in [0, 0.1) is 0 Å². The molecule has 0 spiro atoms. The van der Waals surface area contributed by atoms with Crippen molar-refractivity contribution in [1.82, 2.24) is 0 Å². The summed E-state index contributed by atoms with van der Waals surface area (Å²) in [6.45, 7) is 0.188. The molecule has 0 unspecified atom stereocenters. The number of rotatable bonds is 5. The third kappa shape index (κ3) is 3.30. The maximum absolute atomic E-state index is 11.3. The van der Waals surface area contributed by atoms with Crippen molar-refractivity contribution in [3.05, 3.63) is 59.2 Å². The van der Waals surface area contributed by atoms with Crippen molar-refractivity contribution < 1.29 is 14.3 Å². The molecule has 0 aromatic heterocycles. The number of amides is 2. The van der Waals surface area contributed by atoms with Gasteiger partial charge < -0.3 is 21.9 Å². The lowest BCUT2D eigenvalue weighted by Crippen LogP contribution is -2.14. The van der Waals surface area contributed by atoms with Crippen LogP contribution in [0.3, 0.4) is 0 Å². The Morgan fingerprint density at radius 2 is 1.62 bits per heavy atom. The second-order valence-corrected chi connectivity index (χ2v) is 4.44. The van der Waals surface area contributed by atoms with Crippen LogP contribution >= 0.6 is 0 Å². The molecular formula is C15H15N3O3. The number of nitrogen functional groups attached to an aromatic ring is 1. The van der Waals surface area contributed by atoms with Gasteiger partial charge in [-0.15, -0.1) is 0 Å². The quantitative estimate of drug-likeness (QED) is 0.710. The summed E-state index contributed by atoms with van der Waals surface area (Å²) in [5.41, 5.74) is 18.0. The van der Waals surface area contributed by atoms with E-state index in [1.807, 2.05) is 0 Å². The van der Waals surface area contributed by atoms with E-state index in [-0.39, 0.29) is 17.9 Å². The van der Waals surface area contributed by atoms with E-state index in [0.29, 0.717) is 11.3 Å². The summed E-state index contributed by atoms with van der Waals surface area (Å²) >= 11 is 0. The van der Waals surface area contributed by atoms with Crippen molar-refractivity contribution in [1.29, 1.82) is 0 Å². The van der Waals surface area contributed by atoms with Crippen LogP contribution in [0.5, 0.6) is 5.75 Å². The standard InChI is InChI=1S/C15H15N3O3/c16-12-3-1-2-11(15(18)20)13(12)21-8-9-4-6-10(7-5-9)14(17)19/h1-7H,8,16H2,(H2,17,19)(H2,18,20). The van der Waals surface area contributed by atoms with Crippen LogP contribution in [-0.4, -0.2) is 11.8 Å². The Bertz CT molecular complexity index is 681. The predicted molar refractivity (Wildman–Crippen MR) is 78.7 cm³/mol. The van der Waals surface area contributed by atoms with Crippen molar-refractivity contribution in [2.45, 2.75) is 6.61 Å². The highest BCUT2D eigenvalue weighted by molar-refractivity contribution is 5.97. The molecule has 6 heteroatoms. The van der Waals surface area contributed by atoms with E-state index in [2.05, 4.69) is 0 Å². The summed E-state index contributed by atoms with van der Waals surface area (Å²) < 4.78 is 5.57. The minimum atomic E-state index is -0.610. The van der Waals surface area contributed by atoms with Crippen LogP contribution in [0.2, 0.25) is 0 Å². The fourth-order valence-electron chi connectivity index (χ4n) is 1.83. The zero-order valence-electron chi connectivity index (χ0n) is 11.2. The average molecular weight is 285 g/mol. The summed E-state index contributed by atoms with van der Waals surface area (Å²) in [6, 6.07) is 11.4. The number of primary amides is 2. The molecule has 2 rings (SSSR count). The molecular weight excluding hydrogens is 270 g/mol. The van der Waals surface area contributed by atoms with Crippen molar-refractivity contribution >= 4 is 17.5 Å². The van der Waals surface area contributed by atoms with Crippen LogP contribution in [0.25, 0.3) is 0 Å². The van der Waals surface area contributed by atoms with Gasteiger partial charge in [-0.3, -0.25) is 9.59 Å². The molecule has 2 aromatic rings. The number of carbonyl (C=O) groups is 2. The molecule has 0 fully saturated rings. The van der Waals surface area contributed by atoms with Gasteiger partial charge in [-0.1, -0.05) is 18.2 Å². The maximum Gasteiger partial charge on any atom is 0.252 e. The number of hydrogen-bond acceptors (Lipinski definition) is 4. The smallest absolute Gasteiger partial charge is 0.252 e. The zero-order valence-corrected chi connectivity index (χ0v) is 11.2. The van der Waals surface area contributed by atoms with E-state index in [0.717, 1.165) is 5.56 Å². The van der Waals surface area contributed by atoms with E-state index < -0.39 is 11.8 Å². The molecule has 0 bridgehead atoms. The number of para-hydroxylation sites is 1. The van der Waals surface area contributed by atoms with Gasteiger partial charge in [-0.25, -0.2) is 0 Å². The highest BCUT2D eigenvalue weighted by atomic mass is 16.5. The van der Waals surface area contributed by atoms with Gasteiger partial charge in [-0.05, 0) is 29.8 Å². The fourth-order valence-corrected chi connectivity index (χ4v) is 1.83. The minimum Gasteiger partial charge on any atom is -0.486 e. The van der Waals surface area contributed by atoms with Crippen molar-refractivity contribution in [3.63, 3.8) is 0 Å². The lowest BCUT2D eigenvalue weighted by Gasteiger charge is -2.12. The zero-order chi connectivity index (χ0) is 15.4. The molecule has 6 N–H and O–H groups in total. The van der Waals surface area contributed by atoms with Crippen LogP contribution in [0.15, 0.2) is 42.5 Å². The Hall–Kier alpha value is -3.02. The number of carbonyl (C=O) groups excluding carboxylic acids is 2. The number of nitrogens with two attached hydrogens (primary N) is 3. The molecule has 0 aliphatic heterocycles. The van der Waals surface area contributed by atoms with Gasteiger partial charge >= 0.3 is 0 Å². The monoisotopic (exact) mass is 285 g/mol. The van der Waals surface area contributed by atoms with Gasteiger partial charge in [0.1, 0.15) is 6.61 Å². The molecule has 2 amide bonds. The Morgan fingerprint density at radius 1 is 0.952 bits per heavy atom. The third-order valence-corrected chi connectivity index (χ3v) is 2.93. The third-order valence-electron chi connectivity index (χ3n) is 2.93. The summed E-state index contributed by atoms with van der Waals surface area (Å²) in [6.07, 6.45) is 0. The van der Waals surface area contributed by atoms with Gasteiger partial charge in [-0.2, -0.15) is 0 Å².